The molecule has 2 aromatic rings. The third-order valence-corrected chi connectivity index (χ3v) is 4.76. The summed E-state index contributed by atoms with van der Waals surface area (Å²) in [4.78, 5) is 0. The second kappa shape index (κ2) is 6.29. The SMILES string of the molecule is Cc1ccccc1C(Cl)c1cc2c(cc1Br)OCCCO2. The summed E-state index contributed by atoms with van der Waals surface area (Å²) >= 11 is 10.3. The molecule has 0 fully saturated rings. The van der Waals surface area contributed by atoms with Crippen LogP contribution in [0.4, 0.5) is 0 Å². The van der Waals surface area contributed by atoms with Gasteiger partial charge in [0.25, 0.3) is 0 Å². The molecular formula is C17H16BrClO2. The van der Waals surface area contributed by atoms with Crippen LogP contribution in [0.1, 0.15) is 28.5 Å². The van der Waals surface area contributed by atoms with Gasteiger partial charge in [0, 0.05) is 10.9 Å². The number of benzene rings is 2. The Labute approximate surface area is 138 Å². The van der Waals surface area contributed by atoms with Crippen LogP contribution in [0.15, 0.2) is 40.9 Å². The first-order valence-corrected chi connectivity index (χ1v) is 8.18. The number of rotatable bonds is 2. The highest BCUT2D eigenvalue weighted by molar-refractivity contribution is 9.10. The second-order valence-corrected chi connectivity index (χ2v) is 6.38. The molecule has 110 valence electrons. The van der Waals surface area contributed by atoms with E-state index in [1.54, 1.807) is 0 Å². The molecule has 1 heterocycles. The Hall–Kier alpha value is -1.19. The van der Waals surface area contributed by atoms with Gasteiger partial charge in [-0.2, -0.15) is 0 Å². The minimum Gasteiger partial charge on any atom is -0.490 e. The van der Waals surface area contributed by atoms with Crippen molar-refractivity contribution in [3.05, 3.63) is 57.6 Å². The van der Waals surface area contributed by atoms with E-state index in [1.807, 2.05) is 24.3 Å². The summed E-state index contributed by atoms with van der Waals surface area (Å²) in [5, 5.41) is -0.224. The molecule has 1 atom stereocenters. The van der Waals surface area contributed by atoms with Gasteiger partial charge in [-0.15, -0.1) is 11.6 Å². The molecule has 1 unspecified atom stereocenters. The quantitative estimate of drug-likeness (QED) is 0.675. The minimum absolute atomic E-state index is 0.224. The molecule has 0 radical (unpaired) electrons. The maximum Gasteiger partial charge on any atom is 0.162 e. The molecule has 2 nitrogen and oxygen atoms in total. The third-order valence-electron chi connectivity index (χ3n) is 3.60. The van der Waals surface area contributed by atoms with Gasteiger partial charge in [0.15, 0.2) is 11.5 Å². The molecule has 0 saturated carbocycles. The molecule has 2 aromatic carbocycles. The molecule has 1 aliphatic heterocycles. The summed E-state index contributed by atoms with van der Waals surface area (Å²) in [5.74, 6) is 1.54. The lowest BCUT2D eigenvalue weighted by atomic mass is 10.00. The maximum atomic E-state index is 6.70. The number of ether oxygens (including phenoxy) is 2. The first kappa shape index (κ1) is 14.7. The van der Waals surface area contributed by atoms with Gasteiger partial charge in [-0.3, -0.25) is 0 Å². The van der Waals surface area contributed by atoms with E-state index in [2.05, 4.69) is 35.0 Å². The van der Waals surface area contributed by atoms with Crippen molar-refractivity contribution in [2.45, 2.75) is 18.7 Å². The molecule has 1 aliphatic rings. The highest BCUT2D eigenvalue weighted by atomic mass is 79.9. The smallest absolute Gasteiger partial charge is 0.162 e. The van der Waals surface area contributed by atoms with Crippen LogP contribution in [0.3, 0.4) is 0 Å². The zero-order valence-corrected chi connectivity index (χ0v) is 14.1. The molecule has 21 heavy (non-hydrogen) atoms. The number of aryl methyl sites for hydroxylation is 1. The lowest BCUT2D eigenvalue weighted by molar-refractivity contribution is 0.297. The lowest BCUT2D eigenvalue weighted by Gasteiger charge is -2.17. The number of fused-ring (bicyclic) bond motifs is 1. The van der Waals surface area contributed by atoms with E-state index in [1.165, 1.54) is 5.56 Å². The van der Waals surface area contributed by atoms with E-state index in [-0.39, 0.29) is 5.38 Å². The Morgan fingerprint density at radius 1 is 1.05 bits per heavy atom. The summed E-state index contributed by atoms with van der Waals surface area (Å²) < 4.78 is 12.4. The van der Waals surface area contributed by atoms with Gasteiger partial charge in [0.2, 0.25) is 0 Å². The van der Waals surface area contributed by atoms with Crippen LogP contribution in [0.25, 0.3) is 0 Å². The molecule has 3 rings (SSSR count). The molecule has 0 aromatic heterocycles. The summed E-state index contributed by atoms with van der Waals surface area (Å²) in [6, 6.07) is 12.1. The summed E-state index contributed by atoms with van der Waals surface area (Å²) in [5.41, 5.74) is 3.28. The van der Waals surface area contributed by atoms with Crippen molar-refractivity contribution in [1.29, 1.82) is 0 Å². The number of hydrogen-bond acceptors (Lipinski definition) is 2. The predicted molar refractivity (Wildman–Crippen MR) is 88.6 cm³/mol. The van der Waals surface area contributed by atoms with Crippen molar-refractivity contribution in [1.82, 2.24) is 0 Å². The molecule has 0 amide bonds. The van der Waals surface area contributed by atoms with Crippen LogP contribution in [0.5, 0.6) is 11.5 Å². The fourth-order valence-corrected chi connectivity index (χ4v) is 3.54. The van der Waals surface area contributed by atoms with E-state index < -0.39 is 0 Å². The molecule has 0 bridgehead atoms. The first-order chi connectivity index (χ1) is 10.2. The molecule has 0 aliphatic carbocycles. The van der Waals surface area contributed by atoms with Crippen LogP contribution in [-0.4, -0.2) is 13.2 Å². The van der Waals surface area contributed by atoms with Crippen LogP contribution >= 0.6 is 27.5 Å². The Morgan fingerprint density at radius 2 is 1.71 bits per heavy atom. The topological polar surface area (TPSA) is 18.5 Å². The van der Waals surface area contributed by atoms with E-state index in [9.17, 15) is 0 Å². The summed E-state index contributed by atoms with van der Waals surface area (Å²) in [6.07, 6.45) is 0.893. The Kier molecular flexibility index (Phi) is 4.41. The third kappa shape index (κ3) is 3.04. The maximum absolute atomic E-state index is 6.70. The number of alkyl halides is 1. The van der Waals surface area contributed by atoms with E-state index in [4.69, 9.17) is 21.1 Å². The largest absolute Gasteiger partial charge is 0.490 e. The van der Waals surface area contributed by atoms with Gasteiger partial charge in [0.05, 0.1) is 18.6 Å². The second-order valence-electron chi connectivity index (χ2n) is 5.09. The van der Waals surface area contributed by atoms with Crippen molar-refractivity contribution in [3.63, 3.8) is 0 Å². The van der Waals surface area contributed by atoms with Gasteiger partial charge in [-0.05, 0) is 35.7 Å². The highest BCUT2D eigenvalue weighted by Crippen LogP contribution is 2.42. The van der Waals surface area contributed by atoms with Gasteiger partial charge in [0.1, 0.15) is 0 Å². The highest BCUT2D eigenvalue weighted by Gasteiger charge is 2.20. The zero-order valence-electron chi connectivity index (χ0n) is 11.7. The van der Waals surface area contributed by atoms with Crippen molar-refractivity contribution >= 4 is 27.5 Å². The van der Waals surface area contributed by atoms with Gasteiger partial charge < -0.3 is 9.47 Å². The van der Waals surface area contributed by atoms with Gasteiger partial charge >= 0.3 is 0 Å². The number of hydrogen-bond donors (Lipinski definition) is 0. The van der Waals surface area contributed by atoms with Crippen LogP contribution in [-0.2, 0) is 0 Å². The Morgan fingerprint density at radius 3 is 2.43 bits per heavy atom. The Balaban J connectivity index is 2.02. The first-order valence-electron chi connectivity index (χ1n) is 6.95. The zero-order chi connectivity index (χ0) is 14.8. The standard InChI is InChI=1S/C17H16BrClO2/c1-11-5-2-3-6-12(11)17(19)13-9-15-16(10-14(13)18)21-8-4-7-20-15/h2-3,5-6,9-10,17H,4,7-8H2,1H3. The fraction of sp³-hybridized carbons (Fsp3) is 0.294. The number of halogens is 2. The van der Waals surface area contributed by atoms with Crippen LogP contribution in [0, 0.1) is 6.92 Å². The molecule has 0 spiro atoms. The fourth-order valence-electron chi connectivity index (χ4n) is 2.43. The van der Waals surface area contributed by atoms with Gasteiger partial charge in [-0.25, -0.2) is 0 Å². The summed E-state index contributed by atoms with van der Waals surface area (Å²) in [6.45, 7) is 3.42. The predicted octanol–water partition coefficient (Wildman–Crippen LogP) is 5.25. The van der Waals surface area contributed by atoms with Crippen molar-refractivity contribution in [3.8, 4) is 11.5 Å². The van der Waals surface area contributed by atoms with Crippen molar-refractivity contribution in [2.24, 2.45) is 0 Å². The summed E-state index contributed by atoms with van der Waals surface area (Å²) in [7, 11) is 0. The Bertz CT molecular complexity index is 657. The normalized spacial score (nSPS) is 15.4. The average Bonchev–Trinajstić information content (AvgIpc) is 2.71. The molecule has 0 N–H and O–H groups in total. The van der Waals surface area contributed by atoms with Gasteiger partial charge in [-0.1, -0.05) is 40.2 Å². The average molecular weight is 368 g/mol. The molecule has 0 saturated heterocycles. The van der Waals surface area contributed by atoms with E-state index in [0.717, 1.165) is 33.5 Å². The monoisotopic (exact) mass is 366 g/mol. The van der Waals surface area contributed by atoms with Crippen LogP contribution < -0.4 is 9.47 Å². The van der Waals surface area contributed by atoms with Crippen LogP contribution in [0.2, 0.25) is 0 Å². The molecule has 4 heteroatoms. The van der Waals surface area contributed by atoms with E-state index >= 15 is 0 Å². The van der Waals surface area contributed by atoms with E-state index in [0.29, 0.717) is 13.2 Å². The van der Waals surface area contributed by atoms with Crippen molar-refractivity contribution in [2.75, 3.05) is 13.2 Å². The molecular weight excluding hydrogens is 352 g/mol. The lowest BCUT2D eigenvalue weighted by Crippen LogP contribution is -2.00. The van der Waals surface area contributed by atoms with Crippen molar-refractivity contribution < 1.29 is 9.47 Å². The minimum atomic E-state index is -0.224.